The normalized spacial score (nSPS) is 34.6. The molecule has 0 heterocycles. The van der Waals surface area contributed by atoms with E-state index < -0.39 is 0 Å². The highest BCUT2D eigenvalue weighted by Gasteiger charge is 2.27. The van der Waals surface area contributed by atoms with Crippen LogP contribution in [0, 0.1) is 17.8 Å². The molecule has 3 nitrogen and oxygen atoms in total. The van der Waals surface area contributed by atoms with Gasteiger partial charge in [0.1, 0.15) is 0 Å². The van der Waals surface area contributed by atoms with Crippen LogP contribution in [0.4, 0.5) is 0 Å². The maximum Gasteiger partial charge on any atom is 0.223 e. The molecule has 2 rings (SSSR count). The van der Waals surface area contributed by atoms with Gasteiger partial charge in [-0.25, -0.2) is 0 Å². The van der Waals surface area contributed by atoms with Crippen LogP contribution in [0.15, 0.2) is 0 Å². The summed E-state index contributed by atoms with van der Waals surface area (Å²) in [5.41, 5.74) is 5.84. The zero-order chi connectivity index (χ0) is 13.0. The molecule has 0 spiro atoms. The molecule has 2 aliphatic rings. The summed E-state index contributed by atoms with van der Waals surface area (Å²) in [7, 11) is 0. The summed E-state index contributed by atoms with van der Waals surface area (Å²) in [6.07, 6.45) is 9.51. The van der Waals surface area contributed by atoms with Crippen molar-refractivity contribution in [2.75, 3.05) is 6.54 Å². The second-order valence-electron chi connectivity index (χ2n) is 6.49. The predicted octanol–water partition coefficient (Wildman–Crippen LogP) is 2.87. The Hall–Kier alpha value is -0.280. The molecule has 2 fully saturated rings. The third-order valence-corrected chi connectivity index (χ3v) is 4.74. The second-order valence-corrected chi connectivity index (χ2v) is 6.49. The largest absolute Gasteiger partial charge is 0.356 e. The molecule has 112 valence electrons. The van der Waals surface area contributed by atoms with E-state index in [9.17, 15) is 4.79 Å². The first kappa shape index (κ1) is 16.8. The lowest BCUT2D eigenvalue weighted by molar-refractivity contribution is -0.124. The molecule has 0 aliphatic heterocycles. The number of amides is 1. The molecule has 0 radical (unpaired) electrons. The van der Waals surface area contributed by atoms with Crippen LogP contribution in [0.5, 0.6) is 0 Å². The monoisotopic (exact) mass is 288 g/mol. The summed E-state index contributed by atoms with van der Waals surface area (Å²) in [4.78, 5) is 11.9. The summed E-state index contributed by atoms with van der Waals surface area (Å²) in [5.74, 6) is 2.14. The first-order valence-electron chi connectivity index (χ1n) is 7.68. The quantitative estimate of drug-likeness (QED) is 0.836. The van der Waals surface area contributed by atoms with Crippen LogP contribution in [0.2, 0.25) is 0 Å². The van der Waals surface area contributed by atoms with Gasteiger partial charge < -0.3 is 11.1 Å². The molecular formula is C15H29ClN2O. The third-order valence-electron chi connectivity index (χ3n) is 4.74. The van der Waals surface area contributed by atoms with E-state index in [1.807, 2.05) is 0 Å². The van der Waals surface area contributed by atoms with E-state index in [0.717, 1.165) is 44.1 Å². The molecule has 4 unspecified atom stereocenters. The van der Waals surface area contributed by atoms with E-state index in [1.54, 1.807) is 0 Å². The summed E-state index contributed by atoms with van der Waals surface area (Å²) in [6.45, 7) is 3.21. The van der Waals surface area contributed by atoms with E-state index in [2.05, 4.69) is 12.2 Å². The van der Waals surface area contributed by atoms with Crippen molar-refractivity contribution < 1.29 is 4.79 Å². The molecule has 4 heteroatoms. The van der Waals surface area contributed by atoms with Crippen LogP contribution in [0.25, 0.3) is 0 Å². The molecule has 0 saturated heterocycles. The highest BCUT2D eigenvalue weighted by Crippen LogP contribution is 2.30. The SMILES string of the molecule is CC1CCCC(CCNC(=O)C2CCC(N)C2)C1.Cl. The van der Waals surface area contributed by atoms with Crippen molar-refractivity contribution in [2.45, 2.75) is 64.3 Å². The summed E-state index contributed by atoms with van der Waals surface area (Å²) < 4.78 is 0. The minimum Gasteiger partial charge on any atom is -0.356 e. The van der Waals surface area contributed by atoms with Gasteiger partial charge in [-0.05, 0) is 43.9 Å². The smallest absolute Gasteiger partial charge is 0.223 e. The van der Waals surface area contributed by atoms with Crippen LogP contribution in [0.3, 0.4) is 0 Å². The molecule has 0 aromatic heterocycles. The molecule has 0 bridgehead atoms. The van der Waals surface area contributed by atoms with Gasteiger partial charge in [0.25, 0.3) is 0 Å². The minimum absolute atomic E-state index is 0. The minimum atomic E-state index is 0. The van der Waals surface area contributed by atoms with Gasteiger partial charge in [0, 0.05) is 18.5 Å². The van der Waals surface area contributed by atoms with E-state index in [-0.39, 0.29) is 30.3 Å². The molecule has 1 amide bonds. The van der Waals surface area contributed by atoms with Crippen molar-refractivity contribution in [3.63, 3.8) is 0 Å². The molecule has 2 aliphatic carbocycles. The number of halogens is 1. The lowest BCUT2D eigenvalue weighted by Crippen LogP contribution is -2.32. The number of hydrogen-bond acceptors (Lipinski definition) is 2. The zero-order valence-electron chi connectivity index (χ0n) is 12.1. The number of nitrogens with one attached hydrogen (secondary N) is 1. The van der Waals surface area contributed by atoms with Crippen LogP contribution in [-0.4, -0.2) is 18.5 Å². The van der Waals surface area contributed by atoms with Gasteiger partial charge in [0.05, 0.1) is 0 Å². The first-order chi connectivity index (χ1) is 8.65. The Morgan fingerprint density at radius 2 is 2.00 bits per heavy atom. The van der Waals surface area contributed by atoms with Crippen molar-refractivity contribution in [1.29, 1.82) is 0 Å². The average Bonchev–Trinajstić information content (AvgIpc) is 2.76. The standard InChI is InChI=1S/C15H28N2O.ClH/c1-11-3-2-4-12(9-11)7-8-17-15(18)13-5-6-14(16)10-13;/h11-14H,2-10,16H2,1H3,(H,17,18);1H. The zero-order valence-corrected chi connectivity index (χ0v) is 12.9. The van der Waals surface area contributed by atoms with E-state index >= 15 is 0 Å². The Balaban J connectivity index is 0.00000180. The third kappa shape index (κ3) is 5.31. The Morgan fingerprint density at radius 3 is 2.63 bits per heavy atom. The van der Waals surface area contributed by atoms with Crippen LogP contribution < -0.4 is 11.1 Å². The predicted molar refractivity (Wildman–Crippen MR) is 81.3 cm³/mol. The van der Waals surface area contributed by atoms with Gasteiger partial charge in [-0.2, -0.15) is 0 Å². The molecule has 0 aromatic rings. The first-order valence-corrected chi connectivity index (χ1v) is 7.68. The Labute approximate surface area is 123 Å². The topological polar surface area (TPSA) is 55.1 Å². The molecule has 0 aromatic carbocycles. The average molecular weight is 289 g/mol. The van der Waals surface area contributed by atoms with Gasteiger partial charge in [-0.1, -0.05) is 26.2 Å². The van der Waals surface area contributed by atoms with Crippen molar-refractivity contribution >= 4 is 18.3 Å². The highest BCUT2D eigenvalue weighted by molar-refractivity contribution is 5.85. The van der Waals surface area contributed by atoms with E-state index in [0.29, 0.717) is 0 Å². The van der Waals surface area contributed by atoms with Crippen molar-refractivity contribution in [1.82, 2.24) is 5.32 Å². The van der Waals surface area contributed by atoms with Crippen LogP contribution in [-0.2, 0) is 4.79 Å². The maximum atomic E-state index is 11.9. The molecular weight excluding hydrogens is 260 g/mol. The summed E-state index contributed by atoms with van der Waals surface area (Å²) in [6, 6.07) is 0.250. The Bertz CT molecular complexity index is 285. The van der Waals surface area contributed by atoms with Gasteiger partial charge in [-0.3, -0.25) is 4.79 Å². The molecule has 4 atom stereocenters. The molecule has 3 N–H and O–H groups in total. The number of rotatable bonds is 4. The lowest BCUT2D eigenvalue weighted by Gasteiger charge is -2.26. The molecule has 2 saturated carbocycles. The van der Waals surface area contributed by atoms with Gasteiger partial charge >= 0.3 is 0 Å². The van der Waals surface area contributed by atoms with Crippen molar-refractivity contribution in [2.24, 2.45) is 23.5 Å². The van der Waals surface area contributed by atoms with Gasteiger partial charge in [-0.15, -0.1) is 12.4 Å². The number of carbonyl (C=O) groups is 1. The molecule has 19 heavy (non-hydrogen) atoms. The van der Waals surface area contributed by atoms with Gasteiger partial charge in [0.2, 0.25) is 5.91 Å². The highest BCUT2D eigenvalue weighted by atomic mass is 35.5. The van der Waals surface area contributed by atoms with Gasteiger partial charge in [0.15, 0.2) is 0 Å². The fourth-order valence-electron chi connectivity index (χ4n) is 3.62. The van der Waals surface area contributed by atoms with Crippen molar-refractivity contribution in [3.05, 3.63) is 0 Å². The maximum absolute atomic E-state index is 11.9. The summed E-state index contributed by atoms with van der Waals surface area (Å²) in [5, 5.41) is 3.11. The second kappa shape index (κ2) is 8.11. The van der Waals surface area contributed by atoms with E-state index in [4.69, 9.17) is 5.73 Å². The number of carbonyl (C=O) groups excluding carboxylic acids is 1. The van der Waals surface area contributed by atoms with E-state index in [1.165, 1.54) is 25.7 Å². The van der Waals surface area contributed by atoms with Crippen LogP contribution in [0.1, 0.15) is 58.3 Å². The van der Waals surface area contributed by atoms with Crippen LogP contribution >= 0.6 is 12.4 Å². The van der Waals surface area contributed by atoms with Crippen molar-refractivity contribution in [3.8, 4) is 0 Å². The number of nitrogens with two attached hydrogens (primary N) is 1. The number of hydrogen-bond donors (Lipinski definition) is 2. The Kier molecular flexibility index (Phi) is 7.16. The lowest BCUT2D eigenvalue weighted by atomic mass is 9.81. The fraction of sp³-hybridized carbons (Fsp3) is 0.933. The Morgan fingerprint density at radius 1 is 1.21 bits per heavy atom. The summed E-state index contributed by atoms with van der Waals surface area (Å²) >= 11 is 0. The fourth-order valence-corrected chi connectivity index (χ4v) is 3.62.